The highest BCUT2D eigenvalue weighted by Gasteiger charge is 2.11. The van der Waals surface area contributed by atoms with Crippen LogP contribution >= 0.6 is 11.6 Å². The molecule has 0 bridgehead atoms. The smallest absolute Gasteiger partial charge is 0.119 e. The molecule has 0 amide bonds. The van der Waals surface area contributed by atoms with Crippen molar-refractivity contribution in [3.05, 3.63) is 59.1 Å². The molecule has 1 unspecified atom stereocenters. The number of benzene rings is 2. The van der Waals surface area contributed by atoms with Gasteiger partial charge in [0, 0.05) is 11.4 Å². The molecular formula is C17H16ClNO2. The quantitative estimate of drug-likeness (QED) is 0.793. The van der Waals surface area contributed by atoms with E-state index < -0.39 is 0 Å². The van der Waals surface area contributed by atoms with Gasteiger partial charge in [-0.1, -0.05) is 23.7 Å². The maximum Gasteiger partial charge on any atom is 0.119 e. The fourth-order valence-corrected chi connectivity index (χ4v) is 2.09. The SMILES string of the molecule is COc1ccc(C(C#N)CCOc2ccc(Cl)cc2)cc1. The monoisotopic (exact) mass is 301 g/mol. The van der Waals surface area contributed by atoms with Gasteiger partial charge in [-0.05, 0) is 42.0 Å². The lowest BCUT2D eigenvalue weighted by atomic mass is 9.97. The standard InChI is InChI=1S/C17H16ClNO2/c1-20-16-6-2-13(3-7-16)14(12-19)10-11-21-17-8-4-15(18)5-9-17/h2-9,14H,10-11H2,1H3. The van der Waals surface area contributed by atoms with Crippen molar-refractivity contribution in [1.29, 1.82) is 5.26 Å². The first-order valence-electron chi connectivity index (χ1n) is 6.65. The van der Waals surface area contributed by atoms with E-state index in [4.69, 9.17) is 21.1 Å². The number of methoxy groups -OCH3 is 1. The van der Waals surface area contributed by atoms with Gasteiger partial charge in [0.1, 0.15) is 11.5 Å². The van der Waals surface area contributed by atoms with Crippen LogP contribution < -0.4 is 9.47 Å². The fraction of sp³-hybridized carbons (Fsp3) is 0.235. The van der Waals surface area contributed by atoms with Gasteiger partial charge in [0.05, 0.1) is 25.7 Å². The molecule has 0 saturated carbocycles. The van der Waals surface area contributed by atoms with E-state index in [1.54, 1.807) is 19.2 Å². The Balaban J connectivity index is 1.90. The van der Waals surface area contributed by atoms with E-state index in [-0.39, 0.29) is 5.92 Å². The van der Waals surface area contributed by atoms with Gasteiger partial charge in [0.15, 0.2) is 0 Å². The summed E-state index contributed by atoms with van der Waals surface area (Å²) in [6.07, 6.45) is 0.630. The Morgan fingerprint density at radius 2 is 1.67 bits per heavy atom. The Morgan fingerprint density at radius 3 is 2.24 bits per heavy atom. The number of nitriles is 1. The topological polar surface area (TPSA) is 42.2 Å². The molecule has 4 heteroatoms. The number of hydrogen-bond donors (Lipinski definition) is 0. The maximum absolute atomic E-state index is 9.29. The summed E-state index contributed by atoms with van der Waals surface area (Å²) >= 11 is 5.81. The zero-order valence-electron chi connectivity index (χ0n) is 11.8. The van der Waals surface area contributed by atoms with Crippen molar-refractivity contribution in [2.45, 2.75) is 12.3 Å². The molecule has 2 aromatic rings. The zero-order valence-corrected chi connectivity index (χ0v) is 12.5. The van der Waals surface area contributed by atoms with E-state index in [9.17, 15) is 5.26 Å². The molecule has 0 aliphatic heterocycles. The van der Waals surface area contributed by atoms with Crippen LogP contribution in [0, 0.1) is 11.3 Å². The number of nitrogens with zero attached hydrogens (tertiary/aromatic N) is 1. The molecule has 0 saturated heterocycles. The summed E-state index contributed by atoms with van der Waals surface area (Å²) in [4.78, 5) is 0. The normalized spacial score (nSPS) is 11.5. The lowest BCUT2D eigenvalue weighted by Crippen LogP contribution is -2.04. The van der Waals surface area contributed by atoms with Crippen molar-refractivity contribution >= 4 is 11.6 Å². The second kappa shape index (κ2) is 7.56. The first kappa shape index (κ1) is 15.2. The second-order valence-corrected chi connectivity index (χ2v) is 4.98. The maximum atomic E-state index is 9.29. The minimum atomic E-state index is -0.191. The van der Waals surface area contributed by atoms with Crippen LogP contribution in [0.15, 0.2) is 48.5 Å². The highest BCUT2D eigenvalue weighted by atomic mass is 35.5. The third kappa shape index (κ3) is 4.40. The highest BCUT2D eigenvalue weighted by molar-refractivity contribution is 6.30. The van der Waals surface area contributed by atoms with Crippen molar-refractivity contribution in [1.82, 2.24) is 0 Å². The molecule has 0 N–H and O–H groups in total. The number of rotatable bonds is 6. The first-order valence-corrected chi connectivity index (χ1v) is 7.02. The predicted octanol–water partition coefficient (Wildman–Crippen LogP) is 4.42. The van der Waals surface area contributed by atoms with Gasteiger partial charge in [0.25, 0.3) is 0 Å². The van der Waals surface area contributed by atoms with E-state index >= 15 is 0 Å². The van der Waals surface area contributed by atoms with Gasteiger partial charge < -0.3 is 9.47 Å². The minimum absolute atomic E-state index is 0.191. The molecule has 0 heterocycles. The van der Waals surface area contributed by atoms with Crippen LogP contribution in [0.4, 0.5) is 0 Å². The van der Waals surface area contributed by atoms with Gasteiger partial charge in [0.2, 0.25) is 0 Å². The molecule has 2 rings (SSSR count). The number of ether oxygens (including phenoxy) is 2. The molecule has 0 radical (unpaired) electrons. The zero-order chi connectivity index (χ0) is 15.1. The van der Waals surface area contributed by atoms with Crippen LogP contribution in [0.1, 0.15) is 17.9 Å². The van der Waals surface area contributed by atoms with Crippen LogP contribution in [0.25, 0.3) is 0 Å². The molecule has 0 fully saturated rings. The summed E-state index contributed by atoms with van der Waals surface area (Å²) in [5, 5.41) is 9.96. The van der Waals surface area contributed by atoms with Crippen molar-refractivity contribution in [2.24, 2.45) is 0 Å². The Hall–Kier alpha value is -2.18. The van der Waals surface area contributed by atoms with E-state index in [0.717, 1.165) is 17.1 Å². The summed E-state index contributed by atoms with van der Waals surface area (Å²) in [5.41, 5.74) is 0.970. The molecule has 0 aliphatic rings. The Labute approximate surface area is 129 Å². The number of halogens is 1. The summed E-state index contributed by atoms with van der Waals surface area (Å²) in [7, 11) is 1.62. The van der Waals surface area contributed by atoms with Crippen LogP contribution in [0.5, 0.6) is 11.5 Å². The van der Waals surface area contributed by atoms with Crippen molar-refractivity contribution < 1.29 is 9.47 Å². The first-order chi connectivity index (χ1) is 10.2. The molecular weight excluding hydrogens is 286 g/mol. The highest BCUT2D eigenvalue weighted by Crippen LogP contribution is 2.22. The molecule has 0 spiro atoms. The average molecular weight is 302 g/mol. The molecule has 1 atom stereocenters. The Bertz CT molecular complexity index is 602. The molecule has 0 aromatic heterocycles. The summed E-state index contributed by atoms with van der Waals surface area (Å²) < 4.78 is 10.7. The van der Waals surface area contributed by atoms with E-state index in [2.05, 4.69) is 6.07 Å². The molecule has 2 aromatic carbocycles. The average Bonchev–Trinajstić information content (AvgIpc) is 2.53. The van der Waals surface area contributed by atoms with Crippen LogP contribution in [-0.4, -0.2) is 13.7 Å². The van der Waals surface area contributed by atoms with Gasteiger partial charge in [-0.2, -0.15) is 5.26 Å². The largest absolute Gasteiger partial charge is 0.497 e. The van der Waals surface area contributed by atoms with Gasteiger partial charge >= 0.3 is 0 Å². The fourth-order valence-electron chi connectivity index (χ4n) is 1.97. The van der Waals surface area contributed by atoms with Crippen LogP contribution in [0.2, 0.25) is 5.02 Å². The third-order valence-corrected chi connectivity index (χ3v) is 3.41. The Kier molecular flexibility index (Phi) is 5.48. The van der Waals surface area contributed by atoms with E-state index in [1.165, 1.54) is 0 Å². The lowest BCUT2D eigenvalue weighted by molar-refractivity contribution is 0.306. The van der Waals surface area contributed by atoms with Gasteiger partial charge in [-0.25, -0.2) is 0 Å². The van der Waals surface area contributed by atoms with Crippen molar-refractivity contribution in [3.8, 4) is 17.6 Å². The van der Waals surface area contributed by atoms with Crippen molar-refractivity contribution in [3.63, 3.8) is 0 Å². The van der Waals surface area contributed by atoms with Crippen LogP contribution in [-0.2, 0) is 0 Å². The molecule has 21 heavy (non-hydrogen) atoms. The van der Waals surface area contributed by atoms with Crippen molar-refractivity contribution in [2.75, 3.05) is 13.7 Å². The van der Waals surface area contributed by atoms with E-state index in [1.807, 2.05) is 36.4 Å². The van der Waals surface area contributed by atoms with Gasteiger partial charge in [-0.3, -0.25) is 0 Å². The lowest BCUT2D eigenvalue weighted by Gasteiger charge is -2.11. The van der Waals surface area contributed by atoms with E-state index in [0.29, 0.717) is 18.1 Å². The van der Waals surface area contributed by atoms with Gasteiger partial charge in [-0.15, -0.1) is 0 Å². The molecule has 3 nitrogen and oxygen atoms in total. The summed E-state index contributed by atoms with van der Waals surface area (Å²) in [5.74, 6) is 1.35. The minimum Gasteiger partial charge on any atom is -0.497 e. The second-order valence-electron chi connectivity index (χ2n) is 4.55. The number of hydrogen-bond acceptors (Lipinski definition) is 3. The molecule has 108 valence electrons. The summed E-state index contributed by atoms with van der Waals surface area (Å²) in [6, 6.07) is 17.0. The summed E-state index contributed by atoms with van der Waals surface area (Å²) in [6.45, 7) is 0.478. The van der Waals surface area contributed by atoms with Crippen LogP contribution in [0.3, 0.4) is 0 Å². The third-order valence-electron chi connectivity index (χ3n) is 3.16. The molecule has 0 aliphatic carbocycles. The predicted molar refractivity (Wildman–Crippen MR) is 82.9 cm³/mol. The Morgan fingerprint density at radius 1 is 1.05 bits per heavy atom.